The van der Waals surface area contributed by atoms with Crippen LogP contribution in [-0.2, 0) is 9.47 Å². The van der Waals surface area contributed by atoms with Gasteiger partial charge in [-0.2, -0.15) is 0 Å². The Morgan fingerprint density at radius 1 is 1.17 bits per heavy atom. The van der Waals surface area contributed by atoms with Crippen molar-refractivity contribution in [2.45, 2.75) is 50.9 Å². The molecule has 0 aromatic carbocycles. The molecule has 2 bridgehead atoms. The molecule has 2 fully saturated rings. The number of ether oxygens (including phenoxy) is 2. The molecule has 3 rings (SSSR count). The lowest BCUT2D eigenvalue weighted by Gasteiger charge is -2.26. The van der Waals surface area contributed by atoms with Crippen LogP contribution in [0.15, 0.2) is 12.2 Å². The Hall–Kier alpha value is -0.380. The normalized spacial score (nSPS) is 37.3. The molecule has 0 amide bonds. The van der Waals surface area contributed by atoms with Gasteiger partial charge in [-0.05, 0) is 56.3 Å². The van der Waals surface area contributed by atoms with Crippen LogP contribution in [0.5, 0.6) is 0 Å². The van der Waals surface area contributed by atoms with Crippen molar-refractivity contribution in [2.75, 3.05) is 13.2 Å². The summed E-state index contributed by atoms with van der Waals surface area (Å²) in [6, 6.07) is 0. The van der Waals surface area contributed by atoms with Crippen LogP contribution in [0.3, 0.4) is 0 Å². The number of allylic oxidation sites excluding steroid dienone is 2. The van der Waals surface area contributed by atoms with Crippen LogP contribution in [0.25, 0.3) is 0 Å². The quantitative estimate of drug-likeness (QED) is 0.764. The first-order valence-electron chi connectivity index (χ1n) is 7.42. The molecular weight excluding hydrogens is 228 g/mol. The third-order valence-corrected chi connectivity index (χ3v) is 4.66. The van der Waals surface area contributed by atoms with Gasteiger partial charge >= 0.3 is 0 Å². The maximum absolute atomic E-state index is 10.3. The van der Waals surface area contributed by atoms with Crippen LogP contribution >= 0.6 is 0 Å². The fraction of sp³-hybridized carbons (Fsp3) is 0.867. The van der Waals surface area contributed by atoms with E-state index < -0.39 is 0 Å². The average Bonchev–Trinajstić information content (AvgIpc) is 3.02. The number of hydrogen-bond acceptors (Lipinski definition) is 3. The van der Waals surface area contributed by atoms with Crippen LogP contribution < -0.4 is 0 Å². The van der Waals surface area contributed by atoms with Crippen molar-refractivity contribution in [3.63, 3.8) is 0 Å². The van der Waals surface area contributed by atoms with Crippen LogP contribution in [0.1, 0.15) is 38.5 Å². The van der Waals surface area contributed by atoms with Gasteiger partial charge < -0.3 is 14.6 Å². The lowest BCUT2D eigenvalue weighted by molar-refractivity contribution is -0.182. The maximum Gasteiger partial charge on any atom is 0.157 e. The molecule has 0 aromatic heterocycles. The highest BCUT2D eigenvalue weighted by Gasteiger charge is 2.39. The number of aliphatic hydroxyl groups excluding tert-OH is 1. The standard InChI is InChI=1S/C15H24O3/c16-14(13-10-11-5-6-12(13)9-11)3-1-4-15-17-7-2-8-18-15/h5-6,11-16H,1-4,7-10H2. The minimum atomic E-state index is -0.131. The van der Waals surface area contributed by atoms with Gasteiger partial charge in [0, 0.05) is 0 Å². The van der Waals surface area contributed by atoms with Crippen LogP contribution in [0.4, 0.5) is 0 Å². The molecule has 4 atom stereocenters. The fourth-order valence-electron chi connectivity index (χ4n) is 3.68. The zero-order valence-corrected chi connectivity index (χ0v) is 11.0. The third kappa shape index (κ3) is 2.79. The smallest absolute Gasteiger partial charge is 0.157 e. The van der Waals surface area contributed by atoms with Crippen molar-refractivity contribution in [3.05, 3.63) is 12.2 Å². The van der Waals surface area contributed by atoms with Gasteiger partial charge in [0.25, 0.3) is 0 Å². The van der Waals surface area contributed by atoms with E-state index in [1.807, 2.05) is 0 Å². The van der Waals surface area contributed by atoms with Gasteiger partial charge in [0.05, 0.1) is 19.3 Å². The summed E-state index contributed by atoms with van der Waals surface area (Å²) in [6.45, 7) is 1.65. The average molecular weight is 252 g/mol. The summed E-state index contributed by atoms with van der Waals surface area (Å²) in [7, 11) is 0. The van der Waals surface area contributed by atoms with Gasteiger partial charge in [-0.15, -0.1) is 0 Å². The molecule has 102 valence electrons. The molecule has 1 saturated heterocycles. The van der Waals surface area contributed by atoms with Crippen LogP contribution in [0, 0.1) is 17.8 Å². The molecule has 0 aromatic rings. The molecule has 3 nitrogen and oxygen atoms in total. The van der Waals surface area contributed by atoms with Gasteiger partial charge in [0.15, 0.2) is 6.29 Å². The van der Waals surface area contributed by atoms with E-state index in [0.29, 0.717) is 11.8 Å². The molecule has 18 heavy (non-hydrogen) atoms. The highest BCUT2D eigenvalue weighted by Crippen LogP contribution is 2.45. The van der Waals surface area contributed by atoms with Gasteiger partial charge in [-0.3, -0.25) is 0 Å². The summed E-state index contributed by atoms with van der Waals surface area (Å²) in [5, 5.41) is 10.3. The molecule has 4 unspecified atom stereocenters. The highest BCUT2D eigenvalue weighted by molar-refractivity contribution is 5.11. The van der Waals surface area contributed by atoms with Crippen molar-refractivity contribution in [1.29, 1.82) is 0 Å². The fourth-order valence-corrected chi connectivity index (χ4v) is 3.68. The monoisotopic (exact) mass is 252 g/mol. The van der Waals surface area contributed by atoms with Crippen molar-refractivity contribution in [1.82, 2.24) is 0 Å². The summed E-state index contributed by atoms with van der Waals surface area (Å²) in [5.74, 6) is 1.90. The van der Waals surface area contributed by atoms with E-state index in [0.717, 1.165) is 44.8 Å². The lowest BCUT2D eigenvalue weighted by Crippen LogP contribution is -2.27. The molecule has 0 radical (unpaired) electrons. The predicted molar refractivity (Wildman–Crippen MR) is 69.0 cm³/mol. The second kappa shape index (κ2) is 5.72. The number of rotatable bonds is 5. The summed E-state index contributed by atoms with van der Waals surface area (Å²) in [6.07, 6.45) is 10.8. The Bertz CT molecular complexity index is 296. The zero-order valence-electron chi connectivity index (χ0n) is 11.0. The Labute approximate surface area is 109 Å². The van der Waals surface area contributed by atoms with E-state index in [1.54, 1.807) is 0 Å². The largest absolute Gasteiger partial charge is 0.393 e. The van der Waals surface area contributed by atoms with Crippen molar-refractivity contribution in [3.8, 4) is 0 Å². The number of aliphatic hydroxyl groups is 1. The number of hydrogen-bond donors (Lipinski definition) is 1. The van der Waals surface area contributed by atoms with Crippen molar-refractivity contribution >= 4 is 0 Å². The molecular formula is C15H24O3. The second-order valence-corrected chi connectivity index (χ2v) is 5.97. The molecule has 1 saturated carbocycles. The van der Waals surface area contributed by atoms with E-state index in [-0.39, 0.29) is 12.4 Å². The Morgan fingerprint density at radius 3 is 2.67 bits per heavy atom. The maximum atomic E-state index is 10.3. The van der Waals surface area contributed by atoms with Gasteiger partial charge in [0.2, 0.25) is 0 Å². The van der Waals surface area contributed by atoms with E-state index in [1.165, 1.54) is 12.8 Å². The third-order valence-electron chi connectivity index (χ3n) is 4.66. The Kier molecular flexibility index (Phi) is 4.02. The second-order valence-electron chi connectivity index (χ2n) is 5.97. The SMILES string of the molecule is OC(CCCC1OCCCO1)C1CC2C=CC1C2. The first-order valence-corrected chi connectivity index (χ1v) is 7.42. The summed E-state index contributed by atoms with van der Waals surface area (Å²) >= 11 is 0. The Balaban J connectivity index is 1.36. The van der Waals surface area contributed by atoms with Crippen LogP contribution in [0.2, 0.25) is 0 Å². The minimum absolute atomic E-state index is 0.0223. The molecule has 3 heteroatoms. The summed E-state index contributed by atoms with van der Waals surface area (Å²) < 4.78 is 11.0. The highest BCUT2D eigenvalue weighted by atomic mass is 16.7. The van der Waals surface area contributed by atoms with Gasteiger partial charge in [-0.25, -0.2) is 0 Å². The minimum Gasteiger partial charge on any atom is -0.393 e. The molecule has 3 aliphatic rings. The Morgan fingerprint density at radius 2 is 2.00 bits per heavy atom. The molecule has 2 aliphatic carbocycles. The lowest BCUT2D eigenvalue weighted by atomic mass is 9.86. The van der Waals surface area contributed by atoms with Gasteiger partial charge in [0.1, 0.15) is 0 Å². The van der Waals surface area contributed by atoms with E-state index in [4.69, 9.17) is 9.47 Å². The van der Waals surface area contributed by atoms with E-state index in [2.05, 4.69) is 12.2 Å². The topological polar surface area (TPSA) is 38.7 Å². The molecule has 1 heterocycles. The first kappa shape index (κ1) is 12.6. The summed E-state index contributed by atoms with van der Waals surface area (Å²) in [4.78, 5) is 0. The predicted octanol–water partition coefficient (Wildman–Crippen LogP) is 2.49. The van der Waals surface area contributed by atoms with Crippen LogP contribution in [-0.4, -0.2) is 30.7 Å². The van der Waals surface area contributed by atoms with E-state index >= 15 is 0 Å². The summed E-state index contributed by atoms with van der Waals surface area (Å²) in [5.41, 5.74) is 0. The zero-order chi connectivity index (χ0) is 12.4. The first-order chi connectivity index (χ1) is 8.83. The van der Waals surface area contributed by atoms with Crippen molar-refractivity contribution < 1.29 is 14.6 Å². The molecule has 1 aliphatic heterocycles. The number of fused-ring (bicyclic) bond motifs is 2. The molecule has 1 N–H and O–H groups in total. The van der Waals surface area contributed by atoms with E-state index in [9.17, 15) is 5.11 Å². The van der Waals surface area contributed by atoms with Gasteiger partial charge in [-0.1, -0.05) is 12.2 Å². The molecule has 0 spiro atoms. The van der Waals surface area contributed by atoms with Crippen molar-refractivity contribution in [2.24, 2.45) is 17.8 Å².